The third-order valence-corrected chi connectivity index (χ3v) is 5.92. The number of nitro groups is 1. The second-order valence-electron chi connectivity index (χ2n) is 7.07. The Labute approximate surface area is 189 Å². The molecule has 0 heterocycles. The molecule has 0 aliphatic heterocycles. The molecule has 3 aromatic carbocycles. The summed E-state index contributed by atoms with van der Waals surface area (Å²) >= 11 is 0. The van der Waals surface area contributed by atoms with Crippen LogP contribution in [0.15, 0.2) is 71.6 Å². The predicted octanol–water partition coefficient (Wildman–Crippen LogP) is 3.91. The molecule has 3 N–H and O–H groups in total. The summed E-state index contributed by atoms with van der Waals surface area (Å²) in [6, 6.07) is 15.5. The topological polar surface area (TPSA) is 148 Å². The lowest BCUT2D eigenvalue weighted by Crippen LogP contribution is -2.19. The van der Waals surface area contributed by atoms with E-state index in [0.29, 0.717) is 11.4 Å². The third-order valence-electron chi connectivity index (χ3n) is 4.56. The highest BCUT2D eigenvalue weighted by molar-refractivity contribution is 7.92. The quantitative estimate of drug-likeness (QED) is 0.354. The smallest absolute Gasteiger partial charge is 0.270 e. The molecule has 2 amide bonds. The van der Waals surface area contributed by atoms with Crippen LogP contribution in [0.2, 0.25) is 0 Å². The van der Waals surface area contributed by atoms with Gasteiger partial charge in [0, 0.05) is 30.4 Å². The summed E-state index contributed by atoms with van der Waals surface area (Å²) in [5, 5.41) is 16.3. The van der Waals surface area contributed by atoms with Gasteiger partial charge in [-0.2, -0.15) is 0 Å². The Balaban J connectivity index is 1.87. The summed E-state index contributed by atoms with van der Waals surface area (Å²) in [6.07, 6.45) is 0. The number of carbonyl (C=O) groups excluding carboxylic acids is 2. The van der Waals surface area contributed by atoms with Gasteiger partial charge in [0.1, 0.15) is 0 Å². The maximum Gasteiger partial charge on any atom is 0.270 e. The van der Waals surface area contributed by atoms with Crippen LogP contribution < -0.4 is 15.4 Å². The average Bonchev–Trinajstić information content (AvgIpc) is 2.76. The van der Waals surface area contributed by atoms with Gasteiger partial charge in [-0.15, -0.1) is 0 Å². The first-order valence-corrected chi connectivity index (χ1v) is 11.1. The Morgan fingerprint density at radius 3 is 2.33 bits per heavy atom. The molecule has 0 aromatic heterocycles. The lowest BCUT2D eigenvalue weighted by atomic mass is 10.1. The molecule has 170 valence electrons. The number of sulfonamides is 1. The molecule has 0 saturated carbocycles. The number of benzene rings is 3. The van der Waals surface area contributed by atoms with Crippen LogP contribution in [-0.4, -0.2) is 25.2 Å². The van der Waals surface area contributed by atoms with Crippen molar-refractivity contribution in [1.82, 2.24) is 0 Å². The number of carbonyl (C=O) groups is 2. The predicted molar refractivity (Wildman–Crippen MR) is 124 cm³/mol. The molecule has 0 unspecified atom stereocenters. The number of nitro benzene ring substituents is 1. The number of nitrogens with one attached hydrogen (secondary N) is 3. The van der Waals surface area contributed by atoms with Crippen LogP contribution in [0.1, 0.15) is 22.8 Å². The second kappa shape index (κ2) is 9.49. The van der Waals surface area contributed by atoms with Crippen LogP contribution in [0.5, 0.6) is 0 Å². The van der Waals surface area contributed by atoms with Crippen molar-refractivity contribution in [2.24, 2.45) is 0 Å². The molecule has 0 aliphatic rings. The Morgan fingerprint density at radius 1 is 0.909 bits per heavy atom. The fourth-order valence-electron chi connectivity index (χ4n) is 2.96. The van der Waals surface area contributed by atoms with Crippen molar-refractivity contribution < 1.29 is 22.9 Å². The summed E-state index contributed by atoms with van der Waals surface area (Å²) in [4.78, 5) is 34.2. The molecule has 3 aromatic rings. The molecule has 0 fully saturated rings. The molecule has 0 bridgehead atoms. The number of rotatable bonds is 7. The maximum atomic E-state index is 12.9. The molecular formula is C22H20N4O6S. The normalized spacial score (nSPS) is 10.8. The first kappa shape index (κ1) is 23.4. The van der Waals surface area contributed by atoms with Crippen molar-refractivity contribution >= 4 is 44.6 Å². The summed E-state index contributed by atoms with van der Waals surface area (Å²) < 4.78 is 27.9. The number of nitrogens with zero attached hydrogens (tertiary/aromatic N) is 1. The lowest BCUT2D eigenvalue weighted by molar-refractivity contribution is -0.385. The van der Waals surface area contributed by atoms with Gasteiger partial charge in [-0.3, -0.25) is 24.4 Å². The van der Waals surface area contributed by atoms with E-state index < -0.39 is 20.9 Å². The number of hydrogen-bond donors (Lipinski definition) is 3. The van der Waals surface area contributed by atoms with E-state index in [4.69, 9.17) is 0 Å². The van der Waals surface area contributed by atoms with Gasteiger partial charge in [0.05, 0.1) is 21.1 Å². The highest BCUT2D eigenvalue weighted by Crippen LogP contribution is 2.25. The molecule has 33 heavy (non-hydrogen) atoms. The summed E-state index contributed by atoms with van der Waals surface area (Å²) in [5.74, 6) is -0.854. The minimum absolute atomic E-state index is 0.00398. The van der Waals surface area contributed by atoms with E-state index in [2.05, 4.69) is 15.4 Å². The molecule has 0 saturated heterocycles. The van der Waals surface area contributed by atoms with E-state index in [1.807, 2.05) is 0 Å². The van der Waals surface area contributed by atoms with Gasteiger partial charge in [0.25, 0.3) is 21.6 Å². The molecule has 3 rings (SSSR count). The summed E-state index contributed by atoms with van der Waals surface area (Å²) in [6.45, 7) is 3.17. The van der Waals surface area contributed by atoms with Gasteiger partial charge in [-0.05, 0) is 42.8 Å². The van der Waals surface area contributed by atoms with E-state index in [1.54, 1.807) is 37.3 Å². The molecule has 10 nitrogen and oxygen atoms in total. The third kappa shape index (κ3) is 5.71. The Kier molecular flexibility index (Phi) is 6.73. The van der Waals surface area contributed by atoms with E-state index in [1.165, 1.54) is 37.3 Å². The van der Waals surface area contributed by atoms with Crippen LogP contribution in [0.4, 0.5) is 22.7 Å². The van der Waals surface area contributed by atoms with Gasteiger partial charge < -0.3 is 10.6 Å². The van der Waals surface area contributed by atoms with Crippen LogP contribution in [0.3, 0.4) is 0 Å². The number of hydrogen-bond acceptors (Lipinski definition) is 6. The highest BCUT2D eigenvalue weighted by atomic mass is 32.2. The Hall–Kier alpha value is -4.25. The highest BCUT2D eigenvalue weighted by Gasteiger charge is 2.21. The zero-order valence-corrected chi connectivity index (χ0v) is 18.5. The number of aryl methyl sites for hydroxylation is 1. The van der Waals surface area contributed by atoms with E-state index in [0.717, 1.165) is 11.6 Å². The maximum absolute atomic E-state index is 12.9. The standard InChI is InChI=1S/C22H20N4O6S/c1-14-10-11-16(12-21(14)23-15(2)27)24-22(28)19-8-3-4-9-20(19)25-33(31,32)18-7-5-6-17(13-18)26(29)30/h3-13,25H,1-2H3,(H,23,27)(H,24,28). The monoisotopic (exact) mass is 468 g/mol. The minimum Gasteiger partial charge on any atom is -0.326 e. The van der Waals surface area contributed by atoms with Gasteiger partial charge in [0.2, 0.25) is 5.91 Å². The molecule has 0 atom stereocenters. The van der Waals surface area contributed by atoms with Gasteiger partial charge in [0.15, 0.2) is 0 Å². The fourth-order valence-corrected chi connectivity index (χ4v) is 4.08. The van der Waals surface area contributed by atoms with Gasteiger partial charge >= 0.3 is 0 Å². The van der Waals surface area contributed by atoms with E-state index in [9.17, 15) is 28.1 Å². The van der Waals surface area contributed by atoms with Crippen LogP contribution in [0, 0.1) is 17.0 Å². The Morgan fingerprint density at radius 2 is 1.64 bits per heavy atom. The zero-order chi connectivity index (χ0) is 24.2. The Bertz CT molecular complexity index is 1350. The van der Waals surface area contributed by atoms with Crippen LogP contribution >= 0.6 is 0 Å². The molecule has 0 aliphatic carbocycles. The minimum atomic E-state index is -4.21. The second-order valence-corrected chi connectivity index (χ2v) is 8.75. The summed E-state index contributed by atoms with van der Waals surface area (Å²) in [5.41, 5.74) is 1.38. The molecule has 0 radical (unpaired) electrons. The first-order chi connectivity index (χ1) is 15.6. The largest absolute Gasteiger partial charge is 0.326 e. The average molecular weight is 468 g/mol. The van der Waals surface area contributed by atoms with Crippen molar-refractivity contribution in [3.05, 3.63) is 88.0 Å². The number of non-ortho nitro benzene ring substituents is 1. The summed E-state index contributed by atoms with van der Waals surface area (Å²) in [7, 11) is -4.21. The number of amides is 2. The van der Waals surface area contributed by atoms with Crippen molar-refractivity contribution in [2.45, 2.75) is 18.7 Å². The van der Waals surface area contributed by atoms with E-state index in [-0.39, 0.29) is 27.7 Å². The molecular weight excluding hydrogens is 448 g/mol. The fraction of sp³-hybridized carbons (Fsp3) is 0.0909. The van der Waals surface area contributed by atoms with Gasteiger partial charge in [-0.1, -0.05) is 24.3 Å². The van der Waals surface area contributed by atoms with E-state index >= 15 is 0 Å². The first-order valence-electron chi connectivity index (χ1n) is 9.63. The number of para-hydroxylation sites is 1. The lowest BCUT2D eigenvalue weighted by Gasteiger charge is -2.14. The zero-order valence-electron chi connectivity index (χ0n) is 17.7. The van der Waals surface area contributed by atoms with Crippen LogP contribution in [-0.2, 0) is 14.8 Å². The van der Waals surface area contributed by atoms with Crippen molar-refractivity contribution in [3.8, 4) is 0 Å². The number of anilines is 3. The molecule has 0 spiro atoms. The molecule has 11 heteroatoms. The van der Waals surface area contributed by atoms with Crippen molar-refractivity contribution in [3.63, 3.8) is 0 Å². The van der Waals surface area contributed by atoms with Crippen molar-refractivity contribution in [1.29, 1.82) is 0 Å². The van der Waals surface area contributed by atoms with Gasteiger partial charge in [-0.25, -0.2) is 8.42 Å². The van der Waals surface area contributed by atoms with Crippen LogP contribution in [0.25, 0.3) is 0 Å². The van der Waals surface area contributed by atoms with Crippen molar-refractivity contribution in [2.75, 3.05) is 15.4 Å². The SMILES string of the molecule is CC(=O)Nc1cc(NC(=O)c2ccccc2NS(=O)(=O)c2cccc([N+](=O)[O-])c2)ccc1C.